The van der Waals surface area contributed by atoms with Crippen LogP contribution >= 0.6 is 0 Å². The van der Waals surface area contributed by atoms with Crippen LogP contribution in [0.1, 0.15) is 48.0 Å². The Balaban J connectivity index is 1.65. The number of carbonyl (C=O) groups excluding carboxylic acids is 1. The molecule has 0 amide bonds. The highest BCUT2D eigenvalue weighted by molar-refractivity contribution is 5.99. The molecular weight excluding hydrogens is 251 g/mol. The molecule has 4 saturated carbocycles. The predicted octanol–water partition coefficient (Wildman–Crippen LogP) is 4.39. The van der Waals surface area contributed by atoms with Crippen LogP contribution in [-0.4, -0.2) is 5.78 Å². The summed E-state index contributed by atoms with van der Waals surface area (Å²) in [6, 6.07) is 4.61. The molecule has 0 aromatic heterocycles. The number of rotatable bonds is 2. The second kappa shape index (κ2) is 4.41. The Labute approximate surface area is 119 Å². The molecule has 4 aliphatic rings. The zero-order valence-corrected chi connectivity index (χ0v) is 11.9. The molecule has 106 valence electrons. The first kappa shape index (κ1) is 12.6. The number of aryl methyl sites for hydroxylation is 1. The summed E-state index contributed by atoms with van der Waals surface area (Å²) in [5, 5.41) is 0. The van der Waals surface area contributed by atoms with Crippen LogP contribution < -0.4 is 0 Å². The van der Waals surface area contributed by atoms with Crippen molar-refractivity contribution >= 4 is 5.78 Å². The maximum Gasteiger partial charge on any atom is 0.166 e. The average molecular weight is 272 g/mol. The first-order valence-electron chi connectivity index (χ1n) is 7.92. The van der Waals surface area contributed by atoms with E-state index in [2.05, 4.69) is 0 Å². The largest absolute Gasteiger partial charge is 0.294 e. The molecule has 0 atom stereocenters. The van der Waals surface area contributed by atoms with Crippen molar-refractivity contribution < 1.29 is 9.18 Å². The van der Waals surface area contributed by atoms with Crippen LogP contribution in [0.5, 0.6) is 0 Å². The van der Waals surface area contributed by atoms with Gasteiger partial charge in [-0.2, -0.15) is 0 Å². The third-order valence-corrected chi connectivity index (χ3v) is 5.98. The molecular formula is C18H21FO. The lowest BCUT2D eigenvalue weighted by molar-refractivity contribution is -0.0251. The van der Waals surface area contributed by atoms with Crippen LogP contribution in [0.3, 0.4) is 0 Å². The van der Waals surface area contributed by atoms with Crippen molar-refractivity contribution in [2.75, 3.05) is 0 Å². The van der Waals surface area contributed by atoms with Gasteiger partial charge in [-0.3, -0.25) is 4.79 Å². The number of ketones is 1. The first-order chi connectivity index (χ1) is 9.61. The molecule has 0 radical (unpaired) electrons. The van der Waals surface area contributed by atoms with E-state index in [0.29, 0.717) is 11.8 Å². The number of hydrogen-bond donors (Lipinski definition) is 0. The maximum absolute atomic E-state index is 13.2. The highest BCUT2D eigenvalue weighted by Crippen LogP contribution is 2.57. The number of halogens is 1. The lowest BCUT2D eigenvalue weighted by Gasteiger charge is -2.53. The number of carbonyl (C=O) groups is 1. The molecule has 0 N–H and O–H groups in total. The fourth-order valence-corrected chi connectivity index (χ4v) is 5.44. The van der Waals surface area contributed by atoms with Gasteiger partial charge >= 0.3 is 0 Å². The minimum absolute atomic E-state index is 0.215. The maximum atomic E-state index is 13.2. The third-order valence-electron chi connectivity index (χ3n) is 5.98. The van der Waals surface area contributed by atoms with Crippen molar-refractivity contribution in [2.45, 2.75) is 39.0 Å². The molecule has 0 saturated heterocycles. The molecule has 4 fully saturated rings. The molecule has 0 aliphatic heterocycles. The van der Waals surface area contributed by atoms with E-state index >= 15 is 0 Å². The van der Waals surface area contributed by atoms with Gasteiger partial charge in [0.05, 0.1) is 0 Å². The topological polar surface area (TPSA) is 17.1 Å². The number of benzene rings is 1. The highest BCUT2D eigenvalue weighted by Gasteiger charge is 2.50. The van der Waals surface area contributed by atoms with Crippen molar-refractivity contribution in [1.29, 1.82) is 0 Å². The molecule has 0 spiro atoms. The van der Waals surface area contributed by atoms with E-state index in [-0.39, 0.29) is 17.5 Å². The Kier molecular flexibility index (Phi) is 2.77. The van der Waals surface area contributed by atoms with Crippen molar-refractivity contribution in [1.82, 2.24) is 0 Å². The fraction of sp³-hybridized carbons (Fsp3) is 0.611. The van der Waals surface area contributed by atoms with Gasteiger partial charge in [0.1, 0.15) is 5.82 Å². The lowest BCUT2D eigenvalue weighted by Crippen LogP contribution is -2.48. The Morgan fingerprint density at radius 2 is 1.65 bits per heavy atom. The predicted molar refractivity (Wildman–Crippen MR) is 76.0 cm³/mol. The zero-order chi connectivity index (χ0) is 13.9. The van der Waals surface area contributed by atoms with E-state index < -0.39 is 0 Å². The Morgan fingerprint density at radius 1 is 1.05 bits per heavy atom. The van der Waals surface area contributed by atoms with Gasteiger partial charge in [-0.15, -0.1) is 0 Å². The van der Waals surface area contributed by atoms with Crippen molar-refractivity contribution in [2.24, 2.45) is 29.6 Å². The van der Waals surface area contributed by atoms with Crippen LogP contribution in [0, 0.1) is 42.3 Å². The van der Waals surface area contributed by atoms with Gasteiger partial charge in [0.25, 0.3) is 0 Å². The summed E-state index contributed by atoms with van der Waals surface area (Å²) in [5.74, 6) is 3.23. The number of hydrogen-bond acceptors (Lipinski definition) is 1. The summed E-state index contributed by atoms with van der Waals surface area (Å²) in [5.41, 5.74) is 1.55. The van der Waals surface area contributed by atoms with E-state index in [9.17, 15) is 9.18 Å². The van der Waals surface area contributed by atoms with Crippen LogP contribution in [0.25, 0.3) is 0 Å². The molecule has 1 nitrogen and oxygen atoms in total. The molecule has 1 aromatic carbocycles. The number of Topliss-reactive ketones (excluding diaryl/α,β-unsaturated/α-hetero) is 1. The van der Waals surface area contributed by atoms with Gasteiger partial charge in [-0.05, 0) is 86.5 Å². The minimum Gasteiger partial charge on any atom is -0.294 e. The SMILES string of the molecule is Cc1cc(F)ccc1C(=O)C1C2CC3CC(C2)CC1C3. The summed E-state index contributed by atoms with van der Waals surface area (Å²) in [4.78, 5) is 12.9. The third kappa shape index (κ3) is 1.84. The van der Waals surface area contributed by atoms with Gasteiger partial charge in [0.15, 0.2) is 5.78 Å². The highest BCUT2D eigenvalue weighted by atomic mass is 19.1. The minimum atomic E-state index is -0.246. The van der Waals surface area contributed by atoms with E-state index in [1.54, 1.807) is 6.07 Å². The van der Waals surface area contributed by atoms with Gasteiger partial charge in [-0.25, -0.2) is 4.39 Å². The van der Waals surface area contributed by atoms with Gasteiger partial charge in [-0.1, -0.05) is 0 Å². The molecule has 20 heavy (non-hydrogen) atoms. The summed E-state index contributed by atoms with van der Waals surface area (Å²) < 4.78 is 13.2. The van der Waals surface area contributed by atoms with E-state index in [0.717, 1.165) is 23.0 Å². The van der Waals surface area contributed by atoms with E-state index in [4.69, 9.17) is 0 Å². The lowest BCUT2D eigenvalue weighted by atomic mass is 9.51. The summed E-state index contributed by atoms with van der Waals surface area (Å²) in [6.45, 7) is 1.85. The zero-order valence-electron chi connectivity index (χ0n) is 11.9. The van der Waals surface area contributed by atoms with Gasteiger partial charge in [0.2, 0.25) is 0 Å². The van der Waals surface area contributed by atoms with Crippen molar-refractivity contribution in [3.8, 4) is 0 Å². The normalized spacial score (nSPS) is 38.2. The van der Waals surface area contributed by atoms with Crippen LogP contribution in [0.4, 0.5) is 4.39 Å². The van der Waals surface area contributed by atoms with E-state index in [1.807, 2.05) is 6.92 Å². The Morgan fingerprint density at radius 3 is 2.20 bits per heavy atom. The van der Waals surface area contributed by atoms with Crippen LogP contribution in [-0.2, 0) is 0 Å². The second-order valence-electron chi connectivity index (χ2n) is 7.28. The standard InChI is InChI=1S/C18H21FO/c1-10-4-15(19)2-3-16(10)18(20)17-13-6-11-5-12(8-13)9-14(17)7-11/h2-4,11-14,17H,5-9H2,1H3. The van der Waals surface area contributed by atoms with Crippen LogP contribution in [0.2, 0.25) is 0 Å². The molecule has 4 aliphatic carbocycles. The molecule has 4 bridgehead atoms. The summed E-state index contributed by atoms with van der Waals surface area (Å²) in [7, 11) is 0. The Bertz CT molecular complexity index is 535. The quantitative estimate of drug-likeness (QED) is 0.730. The van der Waals surface area contributed by atoms with Crippen molar-refractivity contribution in [3.63, 3.8) is 0 Å². The van der Waals surface area contributed by atoms with E-state index in [1.165, 1.54) is 44.2 Å². The molecule has 5 rings (SSSR count). The summed E-state index contributed by atoms with van der Waals surface area (Å²) in [6.07, 6.45) is 6.42. The van der Waals surface area contributed by atoms with Crippen LogP contribution in [0.15, 0.2) is 18.2 Å². The van der Waals surface area contributed by atoms with Gasteiger partial charge < -0.3 is 0 Å². The molecule has 1 aromatic rings. The molecule has 0 unspecified atom stereocenters. The monoisotopic (exact) mass is 272 g/mol. The fourth-order valence-electron chi connectivity index (χ4n) is 5.44. The average Bonchev–Trinajstić information content (AvgIpc) is 2.37. The van der Waals surface area contributed by atoms with Gasteiger partial charge in [0, 0.05) is 11.5 Å². The molecule has 0 heterocycles. The Hall–Kier alpha value is -1.18. The summed E-state index contributed by atoms with van der Waals surface area (Å²) >= 11 is 0. The van der Waals surface area contributed by atoms with Crippen molar-refractivity contribution in [3.05, 3.63) is 35.1 Å². The molecule has 2 heteroatoms. The second-order valence-corrected chi connectivity index (χ2v) is 7.28. The first-order valence-corrected chi connectivity index (χ1v) is 7.92. The smallest absolute Gasteiger partial charge is 0.166 e.